The molecule has 0 saturated carbocycles. The van der Waals surface area contributed by atoms with Gasteiger partial charge in [0.2, 0.25) is 0 Å². The summed E-state index contributed by atoms with van der Waals surface area (Å²) in [7, 11) is 0. The lowest BCUT2D eigenvalue weighted by Gasteiger charge is -2.17. The summed E-state index contributed by atoms with van der Waals surface area (Å²) in [6.45, 7) is 2.85. The summed E-state index contributed by atoms with van der Waals surface area (Å²) in [5, 5.41) is 10.7. The number of nitrogens with zero attached hydrogens (tertiary/aromatic N) is 2. The molecule has 0 amide bonds. The van der Waals surface area contributed by atoms with E-state index in [9.17, 15) is 13.9 Å². The predicted molar refractivity (Wildman–Crippen MR) is 107 cm³/mol. The van der Waals surface area contributed by atoms with Gasteiger partial charge in [-0.2, -0.15) is 0 Å². The van der Waals surface area contributed by atoms with Crippen LogP contribution in [0.15, 0.2) is 52.0 Å². The summed E-state index contributed by atoms with van der Waals surface area (Å²) >= 11 is 3.19. The molecule has 1 heterocycles. The highest BCUT2D eigenvalue weighted by Gasteiger charge is 2.27. The Morgan fingerprint density at radius 3 is 2.61 bits per heavy atom. The van der Waals surface area contributed by atoms with Crippen molar-refractivity contribution in [1.82, 2.24) is 0 Å². The Morgan fingerprint density at radius 2 is 2.04 bits per heavy atom. The van der Waals surface area contributed by atoms with Gasteiger partial charge in [0.1, 0.15) is 22.3 Å². The van der Waals surface area contributed by atoms with Gasteiger partial charge in [-0.15, -0.1) is 0 Å². The van der Waals surface area contributed by atoms with E-state index in [4.69, 9.17) is 20.9 Å². The standard InChI is InChI=1S/C18H21BrF2N4O3/c1-2-24-17(19)12(8-22)16(26)15(13(21)9-23)25-14-4-3-10(20)7-11(14)18-27-5-6-28-18/h3-4,7-9,16,18,26H,2,5-6,22-23H2,1H3. The summed E-state index contributed by atoms with van der Waals surface area (Å²) < 4.78 is 39.2. The van der Waals surface area contributed by atoms with Crippen molar-refractivity contribution < 1.29 is 23.4 Å². The van der Waals surface area contributed by atoms with Crippen LogP contribution in [0.3, 0.4) is 0 Å². The molecule has 0 radical (unpaired) electrons. The number of ether oxygens (including phenoxy) is 2. The van der Waals surface area contributed by atoms with E-state index >= 15 is 0 Å². The zero-order chi connectivity index (χ0) is 20.7. The number of aliphatic imine (C=N–C) groups is 2. The Kier molecular flexibility index (Phi) is 8.24. The average molecular weight is 459 g/mol. The predicted octanol–water partition coefficient (Wildman–Crippen LogP) is 2.73. The molecule has 7 nitrogen and oxygen atoms in total. The molecule has 1 aliphatic rings. The molecule has 1 aromatic carbocycles. The van der Waals surface area contributed by atoms with E-state index < -0.39 is 29.7 Å². The van der Waals surface area contributed by atoms with Gasteiger partial charge in [-0.3, -0.25) is 4.99 Å². The van der Waals surface area contributed by atoms with Crippen LogP contribution in [0.25, 0.3) is 0 Å². The molecule has 1 unspecified atom stereocenters. The molecule has 2 rings (SSSR count). The third-order valence-electron chi connectivity index (χ3n) is 3.77. The molecule has 0 bridgehead atoms. The molecule has 1 atom stereocenters. The molecular weight excluding hydrogens is 438 g/mol. The van der Waals surface area contributed by atoms with Crippen molar-refractivity contribution in [1.29, 1.82) is 0 Å². The van der Waals surface area contributed by atoms with Crippen LogP contribution in [0.2, 0.25) is 0 Å². The third-order valence-corrected chi connectivity index (χ3v) is 4.47. The van der Waals surface area contributed by atoms with Gasteiger partial charge in [-0.05, 0) is 41.1 Å². The molecule has 10 heteroatoms. The van der Waals surface area contributed by atoms with Gasteiger partial charge in [0, 0.05) is 30.1 Å². The highest BCUT2D eigenvalue weighted by Crippen LogP contribution is 2.33. The van der Waals surface area contributed by atoms with Crippen LogP contribution in [0.1, 0.15) is 18.8 Å². The molecule has 0 spiro atoms. The topological polar surface area (TPSA) is 115 Å². The smallest absolute Gasteiger partial charge is 0.186 e. The third kappa shape index (κ3) is 5.22. The molecule has 1 aromatic rings. The molecule has 0 aromatic heterocycles. The molecule has 1 aliphatic heterocycles. The van der Waals surface area contributed by atoms with E-state index in [0.29, 0.717) is 26.0 Å². The lowest BCUT2D eigenvalue weighted by Crippen LogP contribution is -2.27. The van der Waals surface area contributed by atoms with Crippen LogP contribution in [-0.2, 0) is 9.47 Å². The lowest BCUT2D eigenvalue weighted by molar-refractivity contribution is -0.0438. The lowest BCUT2D eigenvalue weighted by atomic mass is 10.1. The minimum atomic E-state index is -1.59. The minimum Gasteiger partial charge on any atom is -0.404 e. The van der Waals surface area contributed by atoms with Crippen molar-refractivity contribution in [3.63, 3.8) is 0 Å². The summed E-state index contributed by atoms with van der Waals surface area (Å²) in [6.07, 6.45) is -0.692. The Labute approximate surface area is 169 Å². The van der Waals surface area contributed by atoms with Gasteiger partial charge < -0.3 is 26.0 Å². The van der Waals surface area contributed by atoms with Crippen molar-refractivity contribution in [2.45, 2.75) is 19.3 Å². The normalized spacial score (nSPS) is 18.6. The van der Waals surface area contributed by atoms with Crippen molar-refractivity contribution in [2.75, 3.05) is 19.8 Å². The average Bonchev–Trinajstić information content (AvgIpc) is 3.21. The Balaban J connectivity index is 2.55. The number of aliphatic hydroxyl groups excluding tert-OH is 1. The highest BCUT2D eigenvalue weighted by molar-refractivity contribution is 9.18. The van der Waals surface area contributed by atoms with Gasteiger partial charge in [0.05, 0.1) is 18.9 Å². The van der Waals surface area contributed by atoms with Crippen LogP contribution >= 0.6 is 15.9 Å². The summed E-state index contributed by atoms with van der Waals surface area (Å²) in [4.78, 5) is 8.26. The second-order valence-corrected chi connectivity index (χ2v) is 6.33. The van der Waals surface area contributed by atoms with Crippen molar-refractivity contribution >= 4 is 31.9 Å². The molecule has 5 N–H and O–H groups in total. The van der Waals surface area contributed by atoms with Gasteiger partial charge in [-0.25, -0.2) is 13.8 Å². The zero-order valence-corrected chi connectivity index (χ0v) is 16.7. The van der Waals surface area contributed by atoms with Crippen LogP contribution in [-0.4, -0.2) is 41.3 Å². The van der Waals surface area contributed by atoms with Crippen LogP contribution in [0.5, 0.6) is 0 Å². The van der Waals surface area contributed by atoms with E-state index in [-0.39, 0.29) is 21.4 Å². The maximum absolute atomic E-state index is 14.5. The van der Waals surface area contributed by atoms with E-state index in [1.165, 1.54) is 12.1 Å². The zero-order valence-electron chi connectivity index (χ0n) is 15.1. The van der Waals surface area contributed by atoms with Crippen LogP contribution in [0, 0.1) is 5.82 Å². The minimum absolute atomic E-state index is 0.0922. The number of aliphatic hydroxyl groups is 1. The van der Waals surface area contributed by atoms with Crippen molar-refractivity contribution in [3.8, 4) is 0 Å². The molecule has 28 heavy (non-hydrogen) atoms. The van der Waals surface area contributed by atoms with Crippen LogP contribution in [0.4, 0.5) is 14.5 Å². The number of hydrogen-bond acceptors (Lipinski definition) is 7. The highest BCUT2D eigenvalue weighted by atomic mass is 79.9. The molecule has 1 fully saturated rings. The number of rotatable bonds is 7. The quantitative estimate of drug-likeness (QED) is 0.543. The van der Waals surface area contributed by atoms with E-state index in [0.717, 1.165) is 12.3 Å². The molecule has 152 valence electrons. The van der Waals surface area contributed by atoms with Crippen molar-refractivity contribution in [2.24, 2.45) is 21.5 Å². The number of benzene rings is 1. The molecular formula is C18H21BrF2N4O3. The number of hydrogen-bond donors (Lipinski definition) is 3. The number of halogens is 3. The largest absolute Gasteiger partial charge is 0.404 e. The Bertz CT molecular complexity index is 821. The molecule has 0 aliphatic carbocycles. The van der Waals surface area contributed by atoms with E-state index in [2.05, 4.69) is 25.9 Å². The first kappa shape index (κ1) is 22.2. The Hall–Kier alpha value is -2.14. The maximum Gasteiger partial charge on any atom is 0.186 e. The van der Waals surface area contributed by atoms with Gasteiger partial charge in [0.25, 0.3) is 0 Å². The SMILES string of the molecule is CCN=C(Br)C(=CN)C(O)C(=Nc1ccc(F)cc1C1OCCO1)C(F)=CN. The fourth-order valence-corrected chi connectivity index (χ4v) is 3.06. The first-order valence-corrected chi connectivity index (χ1v) is 9.21. The van der Waals surface area contributed by atoms with Gasteiger partial charge >= 0.3 is 0 Å². The summed E-state index contributed by atoms with van der Waals surface area (Å²) in [5.74, 6) is -1.52. The number of nitrogens with two attached hydrogens (primary N) is 2. The fourth-order valence-electron chi connectivity index (χ4n) is 2.46. The second kappa shape index (κ2) is 10.4. The van der Waals surface area contributed by atoms with Gasteiger partial charge in [0.15, 0.2) is 12.1 Å². The molecule has 1 saturated heterocycles. The summed E-state index contributed by atoms with van der Waals surface area (Å²) in [5.41, 5.74) is 10.9. The Morgan fingerprint density at radius 1 is 1.36 bits per heavy atom. The van der Waals surface area contributed by atoms with Gasteiger partial charge in [-0.1, -0.05) is 0 Å². The maximum atomic E-state index is 14.5. The fraction of sp³-hybridized carbons (Fsp3) is 0.333. The summed E-state index contributed by atoms with van der Waals surface area (Å²) in [6, 6.07) is 3.66. The van der Waals surface area contributed by atoms with E-state index in [1.807, 2.05) is 0 Å². The van der Waals surface area contributed by atoms with Crippen LogP contribution < -0.4 is 11.5 Å². The van der Waals surface area contributed by atoms with Crippen molar-refractivity contribution in [3.05, 3.63) is 53.4 Å². The van der Waals surface area contributed by atoms with E-state index in [1.54, 1.807) is 6.92 Å². The first-order valence-electron chi connectivity index (χ1n) is 8.42. The first-order chi connectivity index (χ1) is 13.4. The second-order valence-electron chi connectivity index (χ2n) is 5.58. The monoisotopic (exact) mass is 458 g/mol.